The van der Waals surface area contributed by atoms with Crippen LogP contribution >= 0.6 is 45.3 Å². The molecule has 4 atom stereocenters. The smallest absolute Gasteiger partial charge is 0.262 e. The van der Waals surface area contributed by atoms with Crippen LogP contribution in [0.2, 0.25) is 0 Å². The molecule has 0 saturated carbocycles. The molecule has 0 aliphatic rings. The predicted octanol–water partition coefficient (Wildman–Crippen LogP) is 7.81. The molecule has 38 heavy (non-hydrogen) atoms. The van der Waals surface area contributed by atoms with Crippen molar-refractivity contribution >= 4 is 114 Å². The molecule has 4 rings (SSSR count). The van der Waals surface area contributed by atoms with E-state index in [4.69, 9.17) is 0 Å². The summed E-state index contributed by atoms with van der Waals surface area (Å²) in [7, 11) is 0. The lowest BCUT2D eigenvalue weighted by Gasteiger charge is -2.07. The lowest BCUT2D eigenvalue weighted by Crippen LogP contribution is -2.11. The number of thiophene rings is 4. The minimum Gasteiger partial charge on any atom is -0.608 e. The first-order valence-electron chi connectivity index (χ1n) is 10.8. The summed E-state index contributed by atoms with van der Waals surface area (Å²) < 4.78 is 46.9. The van der Waals surface area contributed by atoms with E-state index >= 15 is 0 Å². The van der Waals surface area contributed by atoms with E-state index in [0.717, 1.165) is 22.3 Å². The molecule has 4 heterocycles. The van der Waals surface area contributed by atoms with Crippen molar-refractivity contribution in [3.63, 3.8) is 0 Å². The maximum absolute atomic E-state index is 11.7. The largest absolute Gasteiger partial charge is 0.608 e. The van der Waals surface area contributed by atoms with Crippen molar-refractivity contribution in [2.24, 2.45) is 0 Å². The van der Waals surface area contributed by atoms with Crippen LogP contribution in [0, 0.1) is 0 Å². The number of hydrogen-bond acceptors (Lipinski definition) is 8. The third-order valence-electron chi connectivity index (χ3n) is 4.29. The summed E-state index contributed by atoms with van der Waals surface area (Å²) in [6.45, 7) is 0. The molecular weight excluding hydrogens is 633 g/mol. The fraction of sp³-hybridized carbons (Fsp3) is 0.0769. The van der Waals surface area contributed by atoms with Crippen molar-refractivity contribution in [1.82, 2.24) is 0 Å². The van der Waals surface area contributed by atoms with Crippen LogP contribution in [0.1, 0.15) is 22.3 Å². The van der Waals surface area contributed by atoms with Crippen molar-refractivity contribution < 1.29 is 18.2 Å². The lowest BCUT2D eigenvalue weighted by molar-refractivity contribution is 0.594. The quantitative estimate of drug-likeness (QED) is 0.145. The zero-order valence-electron chi connectivity index (χ0n) is 19.9. The van der Waals surface area contributed by atoms with Gasteiger partial charge in [-0.3, -0.25) is 0 Å². The Bertz CT molecular complexity index is 1040. The van der Waals surface area contributed by atoms with Crippen molar-refractivity contribution in [3.05, 3.63) is 111 Å². The molecule has 4 nitrogen and oxygen atoms in total. The number of hydrogen-bond donors (Lipinski definition) is 0. The third-order valence-corrected chi connectivity index (χ3v) is 12.6. The Morgan fingerprint density at radius 1 is 0.447 bits per heavy atom. The van der Waals surface area contributed by atoms with Crippen molar-refractivity contribution in [3.8, 4) is 0 Å². The summed E-state index contributed by atoms with van der Waals surface area (Å²) in [4.78, 5) is 0. The highest BCUT2D eigenvalue weighted by Gasteiger charge is 2.12. The molecular formula is C26H24O4S8. The van der Waals surface area contributed by atoms with Crippen LogP contribution in [0.5, 0.6) is 0 Å². The van der Waals surface area contributed by atoms with E-state index in [1.807, 2.05) is 67.3 Å². The maximum Gasteiger partial charge on any atom is 0.262 e. The SMILES string of the molecule is [O-][S+](C=Cc1ccsc1)C[S+]([O-])/C=C/c1ccsc1.[O-][S+](C=Cc1ccsc1)C[S+]([O-])C=Cc1ccsc1. The average Bonchev–Trinajstić information content (AvgIpc) is 3.72. The van der Waals surface area contributed by atoms with Crippen LogP contribution in [0.3, 0.4) is 0 Å². The summed E-state index contributed by atoms with van der Waals surface area (Å²) in [6, 6.07) is 7.80. The molecule has 12 heteroatoms. The van der Waals surface area contributed by atoms with Gasteiger partial charge >= 0.3 is 0 Å². The Morgan fingerprint density at radius 3 is 0.868 bits per heavy atom. The Labute approximate surface area is 251 Å². The van der Waals surface area contributed by atoms with Crippen molar-refractivity contribution in [1.29, 1.82) is 0 Å². The monoisotopic (exact) mass is 656 g/mol. The molecule has 0 aliphatic carbocycles. The van der Waals surface area contributed by atoms with Crippen molar-refractivity contribution in [2.75, 3.05) is 10.2 Å². The highest BCUT2D eigenvalue weighted by Crippen LogP contribution is 2.14. The van der Waals surface area contributed by atoms with Crippen LogP contribution in [0.4, 0.5) is 0 Å². The van der Waals surface area contributed by atoms with Gasteiger partial charge in [0.1, 0.15) is 21.6 Å². The molecule has 4 unspecified atom stereocenters. The Kier molecular flexibility index (Phi) is 15.2. The highest BCUT2D eigenvalue weighted by molar-refractivity contribution is 8.11. The topological polar surface area (TPSA) is 92.2 Å². The van der Waals surface area contributed by atoms with Gasteiger partial charge in [-0.15, -0.1) is 0 Å². The Balaban J connectivity index is 0.000000211. The minimum atomic E-state index is -1.21. The first-order valence-corrected chi connectivity index (χ1v) is 20.1. The molecule has 4 aromatic heterocycles. The average molecular weight is 657 g/mol. The second-order valence-corrected chi connectivity index (χ2v) is 16.3. The summed E-state index contributed by atoms with van der Waals surface area (Å²) in [5.41, 5.74) is 4.10. The van der Waals surface area contributed by atoms with Crippen LogP contribution < -0.4 is 0 Å². The zero-order chi connectivity index (χ0) is 27.0. The van der Waals surface area contributed by atoms with Gasteiger partial charge in [-0.25, -0.2) is 0 Å². The maximum atomic E-state index is 11.7. The normalized spacial score (nSPS) is 15.3. The Hall–Kier alpha value is -1.00. The van der Waals surface area contributed by atoms with Gasteiger partial charge in [0, 0.05) is 44.7 Å². The molecule has 0 amide bonds. The van der Waals surface area contributed by atoms with E-state index in [-0.39, 0.29) is 10.2 Å². The molecule has 0 spiro atoms. The summed E-state index contributed by atoms with van der Waals surface area (Å²) in [5, 5.41) is 22.4. The molecule has 0 aromatic carbocycles. The van der Waals surface area contributed by atoms with Gasteiger partial charge in [-0.1, -0.05) is 0 Å². The zero-order valence-corrected chi connectivity index (χ0v) is 26.4. The van der Waals surface area contributed by atoms with Gasteiger partial charge < -0.3 is 18.2 Å². The van der Waals surface area contributed by atoms with Gasteiger partial charge in [0.25, 0.3) is 10.2 Å². The second-order valence-electron chi connectivity index (χ2n) is 7.20. The molecule has 0 aliphatic heterocycles. The van der Waals surface area contributed by atoms with Crippen LogP contribution in [-0.4, -0.2) is 28.4 Å². The van der Waals surface area contributed by atoms with Gasteiger partial charge in [0.15, 0.2) is 0 Å². The number of rotatable bonds is 12. The summed E-state index contributed by atoms with van der Waals surface area (Å²) in [6.07, 6.45) is 7.19. The van der Waals surface area contributed by atoms with Gasteiger partial charge in [-0.2, -0.15) is 45.3 Å². The first kappa shape index (κ1) is 31.5. The summed E-state index contributed by atoms with van der Waals surface area (Å²) >= 11 is 1.53. The van der Waals surface area contributed by atoms with E-state index < -0.39 is 44.7 Å². The first-order chi connectivity index (χ1) is 18.5. The van der Waals surface area contributed by atoms with Crippen LogP contribution in [0.25, 0.3) is 24.3 Å². The minimum absolute atomic E-state index is 0.140. The molecule has 0 N–H and O–H groups in total. The van der Waals surface area contributed by atoms with E-state index in [2.05, 4.69) is 0 Å². The molecule has 0 radical (unpaired) electrons. The molecule has 4 aromatic rings. The molecule has 0 fully saturated rings. The van der Waals surface area contributed by atoms with E-state index in [1.54, 1.807) is 91.3 Å². The Morgan fingerprint density at radius 2 is 0.684 bits per heavy atom. The van der Waals surface area contributed by atoms with E-state index in [1.165, 1.54) is 0 Å². The van der Waals surface area contributed by atoms with E-state index in [0.29, 0.717) is 0 Å². The van der Waals surface area contributed by atoms with E-state index in [9.17, 15) is 18.2 Å². The second kappa shape index (κ2) is 18.4. The van der Waals surface area contributed by atoms with Gasteiger partial charge in [0.05, 0.1) is 0 Å². The lowest BCUT2D eigenvalue weighted by atomic mass is 10.3. The third kappa shape index (κ3) is 13.4. The van der Waals surface area contributed by atoms with Crippen LogP contribution in [0.15, 0.2) is 88.9 Å². The van der Waals surface area contributed by atoms with Crippen molar-refractivity contribution in [2.45, 2.75) is 0 Å². The molecule has 0 saturated heterocycles. The summed E-state index contributed by atoms with van der Waals surface area (Å²) in [5.74, 6) is 0. The fourth-order valence-corrected chi connectivity index (χ4v) is 9.32. The molecule has 0 bridgehead atoms. The fourth-order valence-electron chi connectivity index (χ4n) is 2.48. The van der Waals surface area contributed by atoms with Crippen LogP contribution in [-0.2, 0) is 44.7 Å². The standard InChI is InChI=1S/2C13H12O2S4/c2*14-18(7-3-12-1-5-16-9-12)11-19(15)8-4-13-2-6-17-10-13/h2*1-10H,11H2/b7-3+,8-4?;. The predicted molar refractivity (Wildman–Crippen MR) is 176 cm³/mol. The molecule has 200 valence electrons. The highest BCUT2D eigenvalue weighted by atomic mass is 32.3. The van der Waals surface area contributed by atoms with Gasteiger partial charge in [-0.05, 0) is 114 Å². The van der Waals surface area contributed by atoms with Gasteiger partial charge in [0.2, 0.25) is 0 Å².